The van der Waals surface area contributed by atoms with Crippen molar-refractivity contribution in [2.45, 2.75) is 32.8 Å². The third kappa shape index (κ3) is 5.35. The SMILES string of the molecule is CC(C)(C)OC(=O)N1CCN(CCC([NH])=O)CC1. The van der Waals surface area contributed by atoms with E-state index < -0.39 is 11.5 Å². The van der Waals surface area contributed by atoms with Gasteiger partial charge in [0.05, 0.1) is 0 Å². The second-order valence-electron chi connectivity index (χ2n) is 5.48. The zero-order valence-corrected chi connectivity index (χ0v) is 11.4. The first-order chi connectivity index (χ1) is 8.28. The number of amides is 2. The van der Waals surface area contributed by atoms with E-state index in [0.717, 1.165) is 13.1 Å². The van der Waals surface area contributed by atoms with Crippen molar-refractivity contribution in [3.8, 4) is 0 Å². The second-order valence-corrected chi connectivity index (χ2v) is 5.48. The molecule has 0 spiro atoms. The average Bonchev–Trinajstić information content (AvgIpc) is 2.24. The minimum absolute atomic E-state index is 0.256. The quantitative estimate of drug-likeness (QED) is 0.746. The second kappa shape index (κ2) is 6.04. The normalized spacial score (nSPS) is 17.6. The van der Waals surface area contributed by atoms with E-state index in [9.17, 15) is 9.59 Å². The average molecular weight is 256 g/mol. The molecule has 2 amide bonds. The van der Waals surface area contributed by atoms with Crippen LogP contribution in [0.5, 0.6) is 0 Å². The van der Waals surface area contributed by atoms with E-state index in [4.69, 9.17) is 10.5 Å². The van der Waals surface area contributed by atoms with Gasteiger partial charge in [-0.25, -0.2) is 4.79 Å². The van der Waals surface area contributed by atoms with Gasteiger partial charge in [0.1, 0.15) is 5.60 Å². The molecule has 103 valence electrons. The smallest absolute Gasteiger partial charge is 0.410 e. The number of piperazine rings is 1. The summed E-state index contributed by atoms with van der Waals surface area (Å²) >= 11 is 0. The maximum atomic E-state index is 11.8. The van der Waals surface area contributed by atoms with Crippen LogP contribution in [0.25, 0.3) is 0 Å². The zero-order chi connectivity index (χ0) is 13.8. The van der Waals surface area contributed by atoms with Crippen molar-refractivity contribution in [3.05, 3.63) is 0 Å². The zero-order valence-electron chi connectivity index (χ0n) is 11.4. The number of nitrogens with zero attached hydrogens (tertiary/aromatic N) is 2. The molecule has 1 saturated heterocycles. The molecule has 1 heterocycles. The van der Waals surface area contributed by atoms with Crippen LogP contribution >= 0.6 is 0 Å². The Balaban J connectivity index is 2.30. The molecule has 1 fully saturated rings. The molecule has 0 unspecified atom stereocenters. The maximum Gasteiger partial charge on any atom is 0.410 e. The van der Waals surface area contributed by atoms with Crippen molar-refractivity contribution in [1.29, 1.82) is 0 Å². The third-order valence-corrected chi connectivity index (χ3v) is 2.68. The van der Waals surface area contributed by atoms with Crippen molar-refractivity contribution in [2.75, 3.05) is 32.7 Å². The van der Waals surface area contributed by atoms with E-state index in [-0.39, 0.29) is 12.5 Å². The first-order valence-corrected chi connectivity index (χ1v) is 6.22. The summed E-state index contributed by atoms with van der Waals surface area (Å²) in [7, 11) is 0. The van der Waals surface area contributed by atoms with Crippen molar-refractivity contribution in [1.82, 2.24) is 15.5 Å². The Hall–Kier alpha value is -1.30. The highest BCUT2D eigenvalue weighted by Crippen LogP contribution is 2.11. The van der Waals surface area contributed by atoms with Gasteiger partial charge in [-0.15, -0.1) is 0 Å². The Morgan fingerprint density at radius 1 is 1.17 bits per heavy atom. The molecule has 1 aliphatic rings. The van der Waals surface area contributed by atoms with E-state index >= 15 is 0 Å². The number of nitrogens with one attached hydrogen (secondary N) is 1. The molecule has 0 saturated carbocycles. The molecule has 0 aromatic carbocycles. The fourth-order valence-electron chi connectivity index (χ4n) is 1.74. The predicted molar refractivity (Wildman–Crippen MR) is 67.0 cm³/mol. The number of hydrogen-bond donors (Lipinski definition) is 0. The number of ether oxygens (including phenoxy) is 1. The van der Waals surface area contributed by atoms with Crippen LogP contribution in [0.3, 0.4) is 0 Å². The highest BCUT2D eigenvalue weighted by Gasteiger charge is 2.25. The summed E-state index contributed by atoms with van der Waals surface area (Å²) in [4.78, 5) is 26.1. The molecule has 6 heteroatoms. The number of carbonyl (C=O) groups excluding carboxylic acids is 2. The summed E-state index contributed by atoms with van der Waals surface area (Å²) < 4.78 is 5.29. The lowest BCUT2D eigenvalue weighted by Crippen LogP contribution is -2.50. The summed E-state index contributed by atoms with van der Waals surface area (Å²) in [5, 5.41) is 0. The summed E-state index contributed by atoms with van der Waals surface area (Å²) in [6.07, 6.45) is -0.0226. The van der Waals surface area contributed by atoms with Crippen LogP contribution in [-0.2, 0) is 9.53 Å². The Kier molecular flexibility index (Phi) is 4.95. The first-order valence-electron chi connectivity index (χ1n) is 6.22. The summed E-state index contributed by atoms with van der Waals surface area (Å²) in [5.74, 6) is -0.537. The fraction of sp³-hybridized carbons (Fsp3) is 0.833. The minimum Gasteiger partial charge on any atom is -0.444 e. The lowest BCUT2D eigenvalue weighted by atomic mass is 10.2. The van der Waals surface area contributed by atoms with E-state index in [1.54, 1.807) is 4.90 Å². The molecular formula is C12H22N3O3. The fourth-order valence-corrected chi connectivity index (χ4v) is 1.74. The van der Waals surface area contributed by atoms with Crippen LogP contribution in [0.4, 0.5) is 4.79 Å². The first kappa shape index (κ1) is 14.8. The molecule has 0 aliphatic carbocycles. The van der Waals surface area contributed by atoms with E-state index in [0.29, 0.717) is 19.6 Å². The van der Waals surface area contributed by atoms with Gasteiger partial charge in [-0.1, -0.05) is 0 Å². The monoisotopic (exact) mass is 256 g/mol. The largest absolute Gasteiger partial charge is 0.444 e. The summed E-state index contributed by atoms with van der Waals surface area (Å²) in [5.41, 5.74) is 6.39. The Morgan fingerprint density at radius 3 is 2.17 bits per heavy atom. The van der Waals surface area contributed by atoms with Gasteiger partial charge in [-0.3, -0.25) is 15.4 Å². The molecule has 1 radical (unpaired) electrons. The molecule has 18 heavy (non-hydrogen) atoms. The number of carbonyl (C=O) groups is 2. The Morgan fingerprint density at radius 2 is 1.72 bits per heavy atom. The molecule has 1 aliphatic heterocycles. The highest BCUT2D eigenvalue weighted by molar-refractivity contribution is 5.73. The van der Waals surface area contributed by atoms with Gasteiger partial charge in [0.2, 0.25) is 5.91 Å². The van der Waals surface area contributed by atoms with Gasteiger partial charge in [0, 0.05) is 39.1 Å². The molecular weight excluding hydrogens is 234 g/mol. The lowest BCUT2D eigenvalue weighted by Gasteiger charge is -2.35. The summed E-state index contributed by atoms with van der Waals surface area (Å²) in [6, 6.07) is 0. The number of rotatable bonds is 3. The van der Waals surface area contributed by atoms with Gasteiger partial charge in [0.15, 0.2) is 0 Å². The van der Waals surface area contributed by atoms with E-state index in [1.807, 2.05) is 20.8 Å². The van der Waals surface area contributed by atoms with Gasteiger partial charge in [-0.2, -0.15) is 0 Å². The minimum atomic E-state index is -0.537. The van der Waals surface area contributed by atoms with Crippen LogP contribution in [0.15, 0.2) is 0 Å². The lowest BCUT2D eigenvalue weighted by molar-refractivity contribution is -0.119. The standard InChI is InChI=1S/C12H22N3O3/c1-12(2,3)18-11(17)15-8-6-14(7-9-15)5-4-10(13)16/h13H,4-9H2,1-3H3. The van der Waals surface area contributed by atoms with Crippen LogP contribution in [0.1, 0.15) is 27.2 Å². The molecule has 0 aromatic heterocycles. The van der Waals surface area contributed by atoms with Crippen LogP contribution in [0, 0.1) is 0 Å². The molecule has 0 bridgehead atoms. The van der Waals surface area contributed by atoms with Crippen molar-refractivity contribution in [3.63, 3.8) is 0 Å². The van der Waals surface area contributed by atoms with Crippen molar-refractivity contribution >= 4 is 12.0 Å². The third-order valence-electron chi connectivity index (χ3n) is 2.68. The molecule has 1 rings (SSSR count). The van der Waals surface area contributed by atoms with Gasteiger partial charge in [-0.05, 0) is 20.8 Å². The van der Waals surface area contributed by atoms with E-state index in [1.165, 1.54) is 0 Å². The Labute approximate surface area is 108 Å². The van der Waals surface area contributed by atoms with Gasteiger partial charge < -0.3 is 9.64 Å². The maximum absolute atomic E-state index is 11.8. The highest BCUT2D eigenvalue weighted by atomic mass is 16.6. The molecule has 0 atom stereocenters. The molecule has 6 nitrogen and oxygen atoms in total. The summed E-state index contributed by atoms with van der Waals surface area (Å²) in [6.45, 7) is 8.83. The van der Waals surface area contributed by atoms with Gasteiger partial charge in [0.25, 0.3) is 0 Å². The van der Waals surface area contributed by atoms with Crippen LogP contribution in [-0.4, -0.2) is 60.1 Å². The molecule has 1 N–H and O–H groups in total. The van der Waals surface area contributed by atoms with Crippen molar-refractivity contribution < 1.29 is 14.3 Å². The van der Waals surface area contributed by atoms with Crippen LogP contribution < -0.4 is 5.73 Å². The van der Waals surface area contributed by atoms with E-state index in [2.05, 4.69) is 4.90 Å². The van der Waals surface area contributed by atoms with Crippen molar-refractivity contribution in [2.24, 2.45) is 0 Å². The predicted octanol–water partition coefficient (Wildman–Crippen LogP) is 0.739. The van der Waals surface area contributed by atoms with Crippen LogP contribution in [0.2, 0.25) is 0 Å². The van der Waals surface area contributed by atoms with Gasteiger partial charge >= 0.3 is 6.09 Å². The molecule has 0 aromatic rings. The Bertz CT molecular complexity index is 304. The topological polar surface area (TPSA) is 73.7 Å². The number of hydrogen-bond acceptors (Lipinski definition) is 4.